The van der Waals surface area contributed by atoms with Crippen molar-refractivity contribution in [1.82, 2.24) is 9.44 Å². The number of halogens is 1. The number of ether oxygens (including phenoxy) is 1. The van der Waals surface area contributed by atoms with Gasteiger partial charge in [-0.3, -0.25) is 0 Å². The van der Waals surface area contributed by atoms with Gasteiger partial charge in [0, 0.05) is 11.9 Å². The maximum Gasteiger partial charge on any atom is 0.421 e. The number of methoxy groups -OCH3 is 1. The molecular formula is C4H9BrN2O4S. The lowest BCUT2D eigenvalue weighted by Crippen LogP contribution is -2.40. The molecule has 0 bridgehead atoms. The molecule has 0 aromatic rings. The normalized spacial score (nSPS) is 10.8. The molecule has 0 rings (SSSR count). The molecule has 0 aliphatic heterocycles. The van der Waals surface area contributed by atoms with Crippen molar-refractivity contribution in [3.63, 3.8) is 0 Å². The third kappa shape index (κ3) is 5.33. The second kappa shape index (κ2) is 5.33. The molecule has 8 heteroatoms. The van der Waals surface area contributed by atoms with Crippen LogP contribution < -0.4 is 9.44 Å². The summed E-state index contributed by atoms with van der Waals surface area (Å²) in [7, 11) is -2.68. The summed E-state index contributed by atoms with van der Waals surface area (Å²) in [6.07, 6.45) is -1.02. The van der Waals surface area contributed by atoms with E-state index in [1.807, 2.05) is 0 Å². The van der Waals surface area contributed by atoms with Gasteiger partial charge in [0.2, 0.25) is 0 Å². The van der Waals surface area contributed by atoms with Crippen LogP contribution in [0.15, 0.2) is 0 Å². The summed E-state index contributed by atoms with van der Waals surface area (Å²) < 4.78 is 29.4. The zero-order valence-electron chi connectivity index (χ0n) is 6.33. The Labute approximate surface area is 79.0 Å². The van der Waals surface area contributed by atoms with E-state index in [1.165, 1.54) is 0 Å². The first-order valence-corrected chi connectivity index (χ1v) is 5.53. The first-order chi connectivity index (χ1) is 5.52. The number of alkyl halides is 1. The van der Waals surface area contributed by atoms with E-state index in [4.69, 9.17) is 0 Å². The van der Waals surface area contributed by atoms with E-state index in [-0.39, 0.29) is 6.54 Å². The van der Waals surface area contributed by atoms with Crippen LogP contribution in [0.4, 0.5) is 4.79 Å². The molecule has 0 spiro atoms. The smallest absolute Gasteiger partial charge is 0.421 e. The minimum atomic E-state index is -3.76. The molecule has 0 fully saturated rings. The molecule has 0 saturated carbocycles. The number of nitrogens with one attached hydrogen (secondary N) is 2. The van der Waals surface area contributed by atoms with E-state index in [0.29, 0.717) is 5.33 Å². The number of carbonyl (C=O) groups is 1. The van der Waals surface area contributed by atoms with Crippen LogP contribution in [-0.2, 0) is 14.9 Å². The Hall–Kier alpha value is -0.340. The fraction of sp³-hybridized carbons (Fsp3) is 0.750. The maximum absolute atomic E-state index is 10.8. The molecule has 0 saturated heterocycles. The van der Waals surface area contributed by atoms with Crippen LogP contribution >= 0.6 is 15.9 Å². The fourth-order valence-electron chi connectivity index (χ4n) is 0.360. The first kappa shape index (κ1) is 11.7. The molecule has 0 radical (unpaired) electrons. The van der Waals surface area contributed by atoms with Crippen LogP contribution in [0.5, 0.6) is 0 Å². The molecule has 0 aromatic carbocycles. The monoisotopic (exact) mass is 260 g/mol. The van der Waals surface area contributed by atoms with E-state index in [9.17, 15) is 13.2 Å². The van der Waals surface area contributed by atoms with Gasteiger partial charge in [-0.1, -0.05) is 15.9 Å². The topological polar surface area (TPSA) is 84.5 Å². The van der Waals surface area contributed by atoms with Crippen molar-refractivity contribution in [1.29, 1.82) is 0 Å². The Bertz CT molecular complexity index is 239. The van der Waals surface area contributed by atoms with Gasteiger partial charge in [-0.05, 0) is 0 Å². The highest BCUT2D eigenvalue weighted by Crippen LogP contribution is 1.81. The molecule has 6 nitrogen and oxygen atoms in total. The molecule has 72 valence electrons. The Morgan fingerprint density at radius 3 is 2.58 bits per heavy atom. The van der Waals surface area contributed by atoms with Crippen molar-refractivity contribution < 1.29 is 17.9 Å². The molecular weight excluding hydrogens is 252 g/mol. The largest absolute Gasteiger partial charge is 0.452 e. The van der Waals surface area contributed by atoms with Crippen molar-refractivity contribution in [2.45, 2.75) is 0 Å². The van der Waals surface area contributed by atoms with Crippen molar-refractivity contribution in [2.24, 2.45) is 0 Å². The van der Waals surface area contributed by atoms with Gasteiger partial charge in [0.05, 0.1) is 7.11 Å². The van der Waals surface area contributed by atoms with Gasteiger partial charge in [0.25, 0.3) is 0 Å². The highest BCUT2D eigenvalue weighted by atomic mass is 79.9. The van der Waals surface area contributed by atoms with Crippen LogP contribution in [0.25, 0.3) is 0 Å². The molecule has 12 heavy (non-hydrogen) atoms. The Balaban J connectivity index is 3.96. The van der Waals surface area contributed by atoms with Gasteiger partial charge in [-0.15, -0.1) is 0 Å². The second-order valence-corrected chi connectivity index (χ2v) is 3.97. The van der Waals surface area contributed by atoms with Crippen molar-refractivity contribution in [3.8, 4) is 0 Å². The summed E-state index contributed by atoms with van der Waals surface area (Å²) in [5.41, 5.74) is 0. The molecule has 2 N–H and O–H groups in total. The molecule has 0 aromatic heterocycles. The number of hydrogen-bond donors (Lipinski definition) is 2. The Morgan fingerprint density at radius 1 is 1.58 bits per heavy atom. The number of amides is 1. The maximum atomic E-state index is 10.8. The molecule has 0 unspecified atom stereocenters. The lowest BCUT2D eigenvalue weighted by Gasteiger charge is -2.04. The lowest BCUT2D eigenvalue weighted by molar-refractivity contribution is 0.177. The van der Waals surface area contributed by atoms with E-state index in [0.717, 1.165) is 7.11 Å². The predicted octanol–water partition coefficient (Wildman–Crippen LogP) is -0.428. The van der Waals surface area contributed by atoms with E-state index < -0.39 is 16.3 Å². The van der Waals surface area contributed by atoms with Gasteiger partial charge in [-0.2, -0.15) is 13.1 Å². The van der Waals surface area contributed by atoms with E-state index >= 15 is 0 Å². The zero-order chi connectivity index (χ0) is 9.61. The summed E-state index contributed by atoms with van der Waals surface area (Å²) >= 11 is 3.01. The fourth-order valence-corrected chi connectivity index (χ4v) is 1.57. The molecule has 0 aliphatic rings. The number of carbonyl (C=O) groups excluding carboxylic acids is 1. The van der Waals surface area contributed by atoms with Gasteiger partial charge in [-0.25, -0.2) is 9.52 Å². The van der Waals surface area contributed by atoms with E-state index in [1.54, 1.807) is 4.72 Å². The minimum absolute atomic E-state index is 0.201. The molecule has 0 heterocycles. The average molecular weight is 261 g/mol. The molecule has 0 atom stereocenters. The lowest BCUT2D eigenvalue weighted by atomic mass is 10.8. The minimum Gasteiger partial charge on any atom is -0.452 e. The zero-order valence-corrected chi connectivity index (χ0v) is 8.74. The summed E-state index contributed by atoms with van der Waals surface area (Å²) in [5, 5.41) is 0.467. The van der Waals surface area contributed by atoms with Crippen molar-refractivity contribution in [2.75, 3.05) is 19.0 Å². The van der Waals surface area contributed by atoms with Gasteiger partial charge in [0.1, 0.15) is 0 Å². The quantitative estimate of drug-likeness (QED) is 0.672. The van der Waals surface area contributed by atoms with E-state index in [2.05, 4.69) is 25.4 Å². The standard InChI is InChI=1S/C4H9BrN2O4S/c1-11-4(8)7-12(9,10)6-3-2-5/h6H,2-3H2,1H3,(H,7,8). The summed E-state index contributed by atoms with van der Waals surface area (Å²) in [6, 6.07) is 0. The van der Waals surface area contributed by atoms with Crippen molar-refractivity contribution >= 4 is 32.2 Å². The third-order valence-corrected chi connectivity index (χ3v) is 2.21. The number of hydrogen-bond acceptors (Lipinski definition) is 4. The number of rotatable bonds is 4. The SMILES string of the molecule is COC(=O)NS(=O)(=O)NCCBr. The van der Waals surface area contributed by atoms with Gasteiger partial charge >= 0.3 is 16.3 Å². The first-order valence-electron chi connectivity index (χ1n) is 2.93. The van der Waals surface area contributed by atoms with Crippen LogP contribution in [0, 0.1) is 0 Å². The summed E-state index contributed by atoms with van der Waals surface area (Å²) in [5.74, 6) is 0. The van der Waals surface area contributed by atoms with Crippen LogP contribution in [-0.4, -0.2) is 33.5 Å². The van der Waals surface area contributed by atoms with Crippen LogP contribution in [0.3, 0.4) is 0 Å². The highest BCUT2D eigenvalue weighted by molar-refractivity contribution is 9.09. The highest BCUT2D eigenvalue weighted by Gasteiger charge is 2.12. The van der Waals surface area contributed by atoms with Gasteiger partial charge in [0.15, 0.2) is 0 Å². The average Bonchev–Trinajstić information content (AvgIpc) is 2.00. The predicted molar refractivity (Wildman–Crippen MR) is 46.3 cm³/mol. The third-order valence-electron chi connectivity index (χ3n) is 0.790. The second-order valence-electron chi connectivity index (χ2n) is 1.68. The molecule has 1 amide bonds. The van der Waals surface area contributed by atoms with Gasteiger partial charge < -0.3 is 4.74 Å². The van der Waals surface area contributed by atoms with Crippen molar-refractivity contribution in [3.05, 3.63) is 0 Å². The van der Waals surface area contributed by atoms with Crippen LogP contribution in [0.1, 0.15) is 0 Å². The summed E-state index contributed by atoms with van der Waals surface area (Å²) in [6.45, 7) is 0.201. The Morgan fingerprint density at radius 2 is 2.17 bits per heavy atom. The molecule has 0 aliphatic carbocycles. The van der Waals surface area contributed by atoms with Crippen LogP contribution in [0.2, 0.25) is 0 Å². The Kier molecular flexibility index (Phi) is 5.18. The summed E-state index contributed by atoms with van der Waals surface area (Å²) in [4.78, 5) is 10.4.